The summed E-state index contributed by atoms with van der Waals surface area (Å²) in [7, 11) is 0. The van der Waals surface area contributed by atoms with Gasteiger partial charge in [-0.2, -0.15) is 5.26 Å². The Morgan fingerprint density at radius 1 is 1.69 bits per heavy atom. The molecule has 2 atom stereocenters. The van der Waals surface area contributed by atoms with Crippen molar-refractivity contribution in [3.63, 3.8) is 0 Å². The zero-order chi connectivity index (χ0) is 9.31. The highest BCUT2D eigenvalue weighted by atomic mass is 16.6. The van der Waals surface area contributed by atoms with E-state index in [4.69, 9.17) is 10.00 Å². The summed E-state index contributed by atoms with van der Waals surface area (Å²) in [6.07, 6.45) is 2.69. The van der Waals surface area contributed by atoms with Crippen LogP contribution in [0, 0.1) is 16.7 Å². The van der Waals surface area contributed by atoms with Gasteiger partial charge in [0, 0.05) is 13.1 Å². The molecule has 0 aromatic rings. The second-order valence-corrected chi connectivity index (χ2v) is 4.44. The van der Waals surface area contributed by atoms with Crippen molar-refractivity contribution in [1.82, 2.24) is 4.90 Å². The third-order valence-corrected chi connectivity index (χ3v) is 2.99. The Balaban J connectivity index is 1.74. The third kappa shape index (κ3) is 2.20. The van der Waals surface area contributed by atoms with Gasteiger partial charge in [0.2, 0.25) is 0 Å². The molecule has 72 valence electrons. The van der Waals surface area contributed by atoms with Crippen LogP contribution in [0.25, 0.3) is 0 Å². The Bertz CT molecular complexity index is 232. The van der Waals surface area contributed by atoms with Crippen molar-refractivity contribution in [3.8, 4) is 6.07 Å². The van der Waals surface area contributed by atoms with Crippen LogP contribution in [0.15, 0.2) is 0 Å². The summed E-state index contributed by atoms with van der Waals surface area (Å²) in [5, 5.41) is 8.93. The molecule has 0 spiro atoms. The maximum atomic E-state index is 8.93. The van der Waals surface area contributed by atoms with Crippen molar-refractivity contribution in [1.29, 1.82) is 5.26 Å². The smallest absolute Gasteiger partial charge is 0.0822 e. The molecule has 0 aliphatic carbocycles. The SMILES string of the molecule is CC1(C#N)CCN(CCC2CO2)C1. The molecule has 13 heavy (non-hydrogen) atoms. The molecular weight excluding hydrogens is 164 g/mol. The molecule has 2 heterocycles. The highest BCUT2D eigenvalue weighted by Crippen LogP contribution is 2.29. The molecule has 0 amide bonds. The van der Waals surface area contributed by atoms with E-state index in [1.165, 1.54) is 0 Å². The van der Waals surface area contributed by atoms with Crippen molar-refractivity contribution in [2.75, 3.05) is 26.2 Å². The minimum atomic E-state index is -0.0928. The van der Waals surface area contributed by atoms with Gasteiger partial charge in [0.25, 0.3) is 0 Å². The molecule has 2 saturated heterocycles. The monoisotopic (exact) mass is 180 g/mol. The van der Waals surface area contributed by atoms with Crippen LogP contribution in [0.4, 0.5) is 0 Å². The molecule has 2 aliphatic rings. The van der Waals surface area contributed by atoms with Crippen molar-refractivity contribution in [3.05, 3.63) is 0 Å². The van der Waals surface area contributed by atoms with Crippen LogP contribution < -0.4 is 0 Å². The molecule has 0 saturated carbocycles. The maximum Gasteiger partial charge on any atom is 0.0822 e. The number of nitriles is 1. The van der Waals surface area contributed by atoms with E-state index in [1.807, 2.05) is 0 Å². The highest BCUT2D eigenvalue weighted by Gasteiger charge is 2.34. The average molecular weight is 180 g/mol. The van der Waals surface area contributed by atoms with Crippen molar-refractivity contribution in [2.24, 2.45) is 5.41 Å². The first-order chi connectivity index (χ1) is 6.22. The molecule has 0 bridgehead atoms. The van der Waals surface area contributed by atoms with Crippen LogP contribution in [-0.2, 0) is 4.74 Å². The van der Waals surface area contributed by atoms with Gasteiger partial charge in [-0.1, -0.05) is 0 Å². The fraction of sp³-hybridized carbons (Fsp3) is 0.900. The minimum absolute atomic E-state index is 0.0928. The molecule has 2 rings (SSSR count). The second kappa shape index (κ2) is 3.28. The molecule has 2 fully saturated rings. The molecule has 0 aromatic carbocycles. The van der Waals surface area contributed by atoms with Crippen molar-refractivity contribution in [2.45, 2.75) is 25.9 Å². The lowest BCUT2D eigenvalue weighted by atomic mass is 9.92. The summed E-state index contributed by atoms with van der Waals surface area (Å²) in [6, 6.07) is 2.40. The van der Waals surface area contributed by atoms with Crippen molar-refractivity contribution >= 4 is 0 Å². The molecule has 3 nitrogen and oxygen atoms in total. The van der Waals surface area contributed by atoms with E-state index in [-0.39, 0.29) is 5.41 Å². The predicted molar refractivity (Wildman–Crippen MR) is 49.1 cm³/mol. The first-order valence-corrected chi connectivity index (χ1v) is 4.97. The number of rotatable bonds is 3. The number of likely N-dealkylation sites (tertiary alicyclic amines) is 1. The number of epoxide rings is 1. The Morgan fingerprint density at radius 3 is 3.00 bits per heavy atom. The quantitative estimate of drug-likeness (QED) is 0.608. The van der Waals surface area contributed by atoms with Crippen LogP contribution in [0.5, 0.6) is 0 Å². The summed E-state index contributed by atoms with van der Waals surface area (Å²) in [4.78, 5) is 2.38. The van der Waals surface area contributed by atoms with Crippen LogP contribution in [0.2, 0.25) is 0 Å². The van der Waals surface area contributed by atoms with E-state index < -0.39 is 0 Å². The molecule has 2 aliphatic heterocycles. The standard InChI is InChI=1S/C10H16N2O/c1-10(7-11)3-5-12(8-10)4-2-9-6-13-9/h9H,2-6,8H2,1H3. The number of ether oxygens (including phenoxy) is 1. The van der Waals surface area contributed by atoms with Gasteiger partial charge in [-0.3, -0.25) is 0 Å². The largest absolute Gasteiger partial charge is 0.373 e. The van der Waals surface area contributed by atoms with E-state index in [2.05, 4.69) is 17.9 Å². The van der Waals surface area contributed by atoms with Crippen molar-refractivity contribution < 1.29 is 4.74 Å². The van der Waals surface area contributed by atoms with Crippen LogP contribution in [-0.4, -0.2) is 37.2 Å². The number of nitrogens with zero attached hydrogens (tertiary/aromatic N) is 2. The fourth-order valence-electron chi connectivity index (χ4n) is 1.90. The van der Waals surface area contributed by atoms with E-state index in [1.54, 1.807) is 0 Å². The summed E-state index contributed by atoms with van der Waals surface area (Å²) in [6.45, 7) is 6.12. The first-order valence-electron chi connectivity index (χ1n) is 4.97. The first kappa shape index (κ1) is 8.98. The van der Waals surface area contributed by atoms with Gasteiger partial charge in [0.15, 0.2) is 0 Å². The zero-order valence-corrected chi connectivity index (χ0v) is 8.12. The summed E-state index contributed by atoms with van der Waals surface area (Å²) >= 11 is 0. The Kier molecular flexibility index (Phi) is 2.27. The molecule has 0 N–H and O–H groups in total. The second-order valence-electron chi connectivity index (χ2n) is 4.44. The Hall–Kier alpha value is -0.590. The van der Waals surface area contributed by atoms with Gasteiger partial charge in [-0.25, -0.2) is 0 Å². The lowest BCUT2D eigenvalue weighted by molar-refractivity contribution is 0.285. The number of hydrogen-bond donors (Lipinski definition) is 0. The van der Waals surface area contributed by atoms with Crippen LogP contribution in [0.3, 0.4) is 0 Å². The summed E-state index contributed by atoms with van der Waals surface area (Å²) < 4.78 is 5.15. The van der Waals surface area contributed by atoms with Gasteiger partial charge in [-0.15, -0.1) is 0 Å². The lowest BCUT2D eigenvalue weighted by Gasteiger charge is -2.16. The fourth-order valence-corrected chi connectivity index (χ4v) is 1.90. The van der Waals surface area contributed by atoms with E-state index in [0.29, 0.717) is 6.10 Å². The normalized spacial score (nSPS) is 38.9. The molecule has 0 radical (unpaired) electrons. The lowest BCUT2D eigenvalue weighted by Crippen LogP contribution is -2.25. The summed E-state index contributed by atoms with van der Waals surface area (Å²) in [5.74, 6) is 0. The maximum absolute atomic E-state index is 8.93. The van der Waals surface area contributed by atoms with Gasteiger partial charge < -0.3 is 9.64 Å². The topological polar surface area (TPSA) is 39.6 Å². The number of hydrogen-bond acceptors (Lipinski definition) is 3. The molecule has 3 heteroatoms. The van der Waals surface area contributed by atoms with Gasteiger partial charge in [0.1, 0.15) is 0 Å². The summed E-state index contributed by atoms with van der Waals surface area (Å²) in [5.41, 5.74) is -0.0928. The van der Waals surface area contributed by atoms with E-state index in [9.17, 15) is 0 Å². The highest BCUT2D eigenvalue weighted by molar-refractivity contribution is 5.02. The van der Waals surface area contributed by atoms with E-state index in [0.717, 1.165) is 39.1 Å². The van der Waals surface area contributed by atoms with Crippen LogP contribution in [0.1, 0.15) is 19.8 Å². The van der Waals surface area contributed by atoms with Gasteiger partial charge in [0.05, 0.1) is 24.2 Å². The predicted octanol–water partition coefficient (Wildman–Crippen LogP) is 1.01. The minimum Gasteiger partial charge on any atom is -0.373 e. The molecule has 2 unspecified atom stereocenters. The molecular formula is C10H16N2O. The van der Waals surface area contributed by atoms with Crippen LogP contribution >= 0.6 is 0 Å². The molecule has 0 aromatic heterocycles. The zero-order valence-electron chi connectivity index (χ0n) is 8.12. The van der Waals surface area contributed by atoms with Gasteiger partial charge >= 0.3 is 0 Å². The third-order valence-electron chi connectivity index (χ3n) is 2.99. The Morgan fingerprint density at radius 2 is 2.46 bits per heavy atom. The Labute approximate surface area is 79.3 Å². The van der Waals surface area contributed by atoms with Gasteiger partial charge in [-0.05, 0) is 26.3 Å². The van der Waals surface area contributed by atoms with E-state index >= 15 is 0 Å². The average Bonchev–Trinajstić information content (AvgIpc) is 2.88.